The number of H-pyrrole nitrogens is 1. The van der Waals surface area contributed by atoms with Crippen molar-refractivity contribution in [2.45, 2.75) is 16.2 Å². The molecule has 3 heterocycles. The number of anilines is 2. The molecule has 2 unspecified atom stereocenters. The lowest BCUT2D eigenvalue weighted by Crippen LogP contribution is -2.32. The zero-order valence-electron chi connectivity index (χ0n) is 20.1. The summed E-state index contributed by atoms with van der Waals surface area (Å²) in [6, 6.07) is 23.2. The zero-order chi connectivity index (χ0) is 27.1. The number of halogens is 1. The monoisotopic (exact) mass is 621 g/mol. The lowest BCUT2D eigenvalue weighted by Gasteiger charge is -2.30. The maximum Gasteiger partial charge on any atom is 0.305 e. The Balaban J connectivity index is 1.30. The summed E-state index contributed by atoms with van der Waals surface area (Å²) in [5.74, 6) is -1.74. The highest BCUT2D eigenvalue weighted by molar-refractivity contribution is 9.10. The number of aromatic nitrogens is 1. The van der Waals surface area contributed by atoms with Crippen molar-refractivity contribution >= 4 is 68.1 Å². The second-order valence-electron chi connectivity index (χ2n) is 9.01. The number of amides is 3. The molecule has 0 spiro atoms. The number of rotatable bonds is 6. The van der Waals surface area contributed by atoms with Gasteiger partial charge in [0.15, 0.2) is 6.61 Å². The van der Waals surface area contributed by atoms with E-state index in [0.29, 0.717) is 27.0 Å². The van der Waals surface area contributed by atoms with Gasteiger partial charge in [0.25, 0.3) is 5.91 Å². The number of carbonyl (C=O) groups is 3. The Hall–Kier alpha value is -3.67. The van der Waals surface area contributed by atoms with Crippen LogP contribution in [0, 0.1) is 5.92 Å². The number of thiazole rings is 1. The van der Waals surface area contributed by atoms with Crippen LogP contribution in [0.4, 0.5) is 11.4 Å². The lowest BCUT2D eigenvalue weighted by atomic mass is 9.83. The Kier molecular flexibility index (Phi) is 6.88. The lowest BCUT2D eigenvalue weighted by molar-refractivity contribution is -0.122. The van der Waals surface area contributed by atoms with Crippen molar-refractivity contribution in [3.8, 4) is 5.75 Å². The Morgan fingerprint density at radius 3 is 2.51 bits per heavy atom. The molecule has 39 heavy (non-hydrogen) atoms. The van der Waals surface area contributed by atoms with Crippen LogP contribution in [0.15, 0.2) is 93.2 Å². The van der Waals surface area contributed by atoms with Gasteiger partial charge in [0, 0.05) is 21.0 Å². The number of para-hydroxylation sites is 1. The Morgan fingerprint density at radius 2 is 1.74 bits per heavy atom. The van der Waals surface area contributed by atoms with E-state index in [1.807, 2.05) is 24.3 Å². The van der Waals surface area contributed by atoms with E-state index >= 15 is 0 Å². The first-order valence-corrected chi connectivity index (χ1v) is 14.5. The van der Waals surface area contributed by atoms with Gasteiger partial charge in [0.1, 0.15) is 11.0 Å². The van der Waals surface area contributed by atoms with E-state index < -0.39 is 17.1 Å². The number of carbonyl (C=O) groups excluding carboxylic acids is 3. The van der Waals surface area contributed by atoms with Crippen LogP contribution >= 0.6 is 39.0 Å². The summed E-state index contributed by atoms with van der Waals surface area (Å²) in [7, 11) is 0. The SMILES string of the molecule is O=C(COc1cccc([C@H]2c3sc(=O)[nH]c3SC3C(=O)N(c4ccc(Br)cc4)C(=O)C32)c1)Nc1ccccc1. The summed E-state index contributed by atoms with van der Waals surface area (Å²) in [6.45, 7) is -0.206. The van der Waals surface area contributed by atoms with Gasteiger partial charge < -0.3 is 15.0 Å². The highest BCUT2D eigenvalue weighted by Gasteiger charge is 2.56. The first kappa shape index (κ1) is 25.6. The summed E-state index contributed by atoms with van der Waals surface area (Å²) < 4.78 is 6.61. The molecule has 2 aliphatic heterocycles. The van der Waals surface area contributed by atoms with Crippen LogP contribution in [0.1, 0.15) is 16.4 Å². The van der Waals surface area contributed by atoms with Gasteiger partial charge in [-0.05, 0) is 54.1 Å². The molecule has 0 bridgehead atoms. The molecule has 196 valence electrons. The second-order valence-corrected chi connectivity index (χ2v) is 12.1. The fourth-order valence-electron chi connectivity index (χ4n) is 4.89. The van der Waals surface area contributed by atoms with Crippen molar-refractivity contribution in [1.29, 1.82) is 0 Å². The minimum Gasteiger partial charge on any atom is -0.484 e. The van der Waals surface area contributed by atoms with E-state index in [4.69, 9.17) is 4.74 Å². The minimum atomic E-state index is -0.707. The number of thioether (sulfide) groups is 1. The van der Waals surface area contributed by atoms with Crippen LogP contribution in [0.5, 0.6) is 5.75 Å². The van der Waals surface area contributed by atoms with Gasteiger partial charge in [-0.25, -0.2) is 4.90 Å². The first-order chi connectivity index (χ1) is 18.9. The molecule has 8 nitrogen and oxygen atoms in total. The van der Waals surface area contributed by atoms with Gasteiger partial charge >= 0.3 is 4.87 Å². The Morgan fingerprint density at radius 1 is 0.974 bits per heavy atom. The number of imide groups is 1. The summed E-state index contributed by atoms with van der Waals surface area (Å²) in [5, 5.41) is 2.69. The predicted molar refractivity (Wildman–Crippen MR) is 154 cm³/mol. The van der Waals surface area contributed by atoms with Crippen LogP contribution in [-0.2, 0) is 14.4 Å². The number of hydrogen-bond acceptors (Lipinski definition) is 7. The number of nitrogens with one attached hydrogen (secondary N) is 2. The average Bonchev–Trinajstić information content (AvgIpc) is 3.43. The maximum atomic E-state index is 13.8. The topological polar surface area (TPSA) is 109 Å². The summed E-state index contributed by atoms with van der Waals surface area (Å²) in [6.07, 6.45) is 0. The molecular weight excluding hydrogens is 602 g/mol. The normalized spacial score (nSPS) is 19.9. The zero-order valence-corrected chi connectivity index (χ0v) is 23.3. The van der Waals surface area contributed by atoms with E-state index in [0.717, 1.165) is 21.4 Å². The molecule has 1 saturated heterocycles. The summed E-state index contributed by atoms with van der Waals surface area (Å²) in [5.41, 5.74) is 1.89. The molecule has 3 atom stereocenters. The van der Waals surface area contributed by atoms with Gasteiger partial charge in [0.05, 0.1) is 16.6 Å². The standard InChI is InChI=1S/C28H20BrN3O5S2/c29-16-9-11-18(12-10-16)32-26(34)22-21(23-25(31-28(36)39-23)38-24(22)27(32)35)15-5-4-8-19(13-15)37-14-20(33)30-17-6-2-1-3-7-17/h1-13,21-22,24H,14H2,(H,30,33)(H,31,36)/t21-,22?,24?/m1/s1. The molecule has 2 N–H and O–H groups in total. The van der Waals surface area contributed by atoms with Crippen molar-refractivity contribution < 1.29 is 19.1 Å². The molecule has 3 amide bonds. The molecule has 6 rings (SSSR count). The third-order valence-corrected chi connectivity index (χ3v) is 9.48. The molecule has 4 aromatic rings. The van der Waals surface area contributed by atoms with Gasteiger partial charge in [0.2, 0.25) is 11.8 Å². The maximum absolute atomic E-state index is 13.8. The molecule has 3 aromatic carbocycles. The van der Waals surface area contributed by atoms with Gasteiger partial charge in [-0.1, -0.05) is 69.4 Å². The van der Waals surface area contributed by atoms with E-state index in [-0.39, 0.29) is 29.2 Å². The molecule has 11 heteroatoms. The molecule has 1 fully saturated rings. The van der Waals surface area contributed by atoms with E-state index in [1.54, 1.807) is 54.6 Å². The molecular formula is C28H20BrN3O5S2. The quantitative estimate of drug-likeness (QED) is 0.293. The fraction of sp³-hybridized carbons (Fsp3) is 0.143. The molecule has 0 radical (unpaired) electrons. The van der Waals surface area contributed by atoms with E-state index in [1.165, 1.54) is 16.7 Å². The third-order valence-electron chi connectivity index (χ3n) is 6.55. The number of nitrogens with zero attached hydrogens (tertiary/aromatic N) is 1. The van der Waals surface area contributed by atoms with Gasteiger partial charge in [-0.2, -0.15) is 0 Å². The van der Waals surface area contributed by atoms with Crippen LogP contribution < -0.4 is 19.8 Å². The van der Waals surface area contributed by atoms with E-state index in [9.17, 15) is 19.2 Å². The highest BCUT2D eigenvalue weighted by atomic mass is 79.9. The predicted octanol–water partition coefficient (Wildman–Crippen LogP) is 5.01. The molecule has 1 aromatic heterocycles. The Bertz CT molecular complexity index is 1640. The molecule has 0 saturated carbocycles. The van der Waals surface area contributed by atoms with Gasteiger partial charge in [-0.15, -0.1) is 0 Å². The largest absolute Gasteiger partial charge is 0.484 e. The number of fused-ring (bicyclic) bond motifs is 2. The number of benzene rings is 3. The van der Waals surface area contributed by atoms with Crippen molar-refractivity contribution in [3.05, 3.63) is 103 Å². The van der Waals surface area contributed by atoms with Crippen LogP contribution in [0.25, 0.3) is 0 Å². The first-order valence-electron chi connectivity index (χ1n) is 12.0. The van der Waals surface area contributed by atoms with Gasteiger partial charge in [-0.3, -0.25) is 19.2 Å². The summed E-state index contributed by atoms with van der Waals surface area (Å²) >= 11 is 5.66. The van der Waals surface area contributed by atoms with E-state index in [2.05, 4.69) is 26.2 Å². The smallest absolute Gasteiger partial charge is 0.305 e. The number of hydrogen-bond donors (Lipinski definition) is 2. The number of ether oxygens (including phenoxy) is 1. The Labute approximate surface area is 239 Å². The minimum absolute atomic E-state index is 0.206. The number of aromatic amines is 1. The van der Waals surface area contributed by atoms with Crippen molar-refractivity contribution in [2.75, 3.05) is 16.8 Å². The average molecular weight is 623 g/mol. The molecule has 0 aliphatic carbocycles. The second kappa shape index (κ2) is 10.5. The fourth-order valence-corrected chi connectivity index (χ4v) is 7.67. The van der Waals surface area contributed by atoms with Crippen molar-refractivity contribution in [3.63, 3.8) is 0 Å². The van der Waals surface area contributed by atoms with Crippen LogP contribution in [0.2, 0.25) is 0 Å². The summed E-state index contributed by atoms with van der Waals surface area (Å²) in [4.78, 5) is 56.6. The van der Waals surface area contributed by atoms with Crippen LogP contribution in [-0.4, -0.2) is 34.6 Å². The van der Waals surface area contributed by atoms with Crippen molar-refractivity contribution in [1.82, 2.24) is 4.98 Å². The molecule has 2 aliphatic rings. The van der Waals surface area contributed by atoms with Crippen LogP contribution in [0.3, 0.4) is 0 Å². The highest BCUT2D eigenvalue weighted by Crippen LogP contribution is 2.53. The van der Waals surface area contributed by atoms with Crippen molar-refractivity contribution in [2.24, 2.45) is 5.92 Å². The third kappa shape index (κ3) is 4.93.